The summed E-state index contributed by atoms with van der Waals surface area (Å²) >= 11 is 2.67. The van der Waals surface area contributed by atoms with E-state index in [1.807, 2.05) is 0 Å². The average Bonchev–Trinajstić information content (AvgIpc) is 2.70. The van der Waals surface area contributed by atoms with E-state index in [2.05, 4.69) is 100.0 Å². The van der Waals surface area contributed by atoms with Gasteiger partial charge in [0.25, 0.3) is 0 Å². The van der Waals surface area contributed by atoms with Crippen LogP contribution < -0.4 is 0 Å². The Kier molecular flexibility index (Phi) is 3.89. The predicted octanol–water partition coefficient (Wildman–Crippen LogP) is 7.77. The fraction of sp³-hybridized carbons (Fsp3) is 0.400. The molecule has 22 heavy (non-hydrogen) atoms. The fourth-order valence-electron chi connectivity index (χ4n) is 2.91. The summed E-state index contributed by atoms with van der Waals surface area (Å²) in [5.41, 5.74) is 3.32. The summed E-state index contributed by atoms with van der Waals surface area (Å²) in [6.07, 6.45) is 0. The van der Waals surface area contributed by atoms with Crippen molar-refractivity contribution in [3.63, 3.8) is 0 Å². The Hall–Kier alpha value is -0.530. The van der Waals surface area contributed by atoms with Gasteiger partial charge in [-0.05, 0) is 72.1 Å². The van der Waals surface area contributed by atoms with Gasteiger partial charge in [0, 0.05) is 10.2 Å². The fourth-order valence-corrected chi connectivity index (χ4v) is 6.88. The molecular formula is C20H24IP. The molecule has 2 aromatic carbocycles. The number of fused-ring (bicyclic) bond motifs is 3. The van der Waals surface area contributed by atoms with E-state index in [9.17, 15) is 0 Å². The summed E-state index contributed by atoms with van der Waals surface area (Å²) < 4.78 is 0. The van der Waals surface area contributed by atoms with E-state index in [1.165, 1.54) is 21.9 Å². The highest BCUT2D eigenvalue weighted by Gasteiger charge is 2.19. The third-order valence-corrected chi connectivity index (χ3v) is 9.15. The van der Waals surface area contributed by atoms with Crippen molar-refractivity contribution in [1.82, 2.24) is 0 Å². The summed E-state index contributed by atoms with van der Waals surface area (Å²) in [5, 5.41) is 5.73. The van der Waals surface area contributed by atoms with Crippen LogP contribution in [0.3, 0.4) is 0 Å². The SMILES string of the molecule is CC(C)(C)c1ccc2c3ccc(C(C)(C)C)cc3p(I)c2c1. The highest BCUT2D eigenvalue weighted by atomic mass is 127. The molecule has 0 amide bonds. The number of halogens is 1. The van der Waals surface area contributed by atoms with Gasteiger partial charge in [-0.3, -0.25) is 0 Å². The molecule has 1 heterocycles. The Balaban J connectivity index is 2.33. The average molecular weight is 422 g/mol. The molecule has 0 fully saturated rings. The topological polar surface area (TPSA) is 0 Å². The van der Waals surface area contributed by atoms with Crippen molar-refractivity contribution >= 4 is 48.2 Å². The van der Waals surface area contributed by atoms with Gasteiger partial charge in [-0.15, -0.1) is 0 Å². The quantitative estimate of drug-likeness (QED) is 0.325. The molecule has 0 spiro atoms. The molecule has 0 nitrogen and oxygen atoms in total. The van der Waals surface area contributed by atoms with Crippen LogP contribution in [0.1, 0.15) is 52.7 Å². The minimum Gasteiger partial charge on any atom is -0.0578 e. The van der Waals surface area contributed by atoms with Crippen LogP contribution in [0.2, 0.25) is 0 Å². The highest BCUT2D eigenvalue weighted by Crippen LogP contribution is 2.55. The number of rotatable bonds is 0. The Morgan fingerprint density at radius 3 is 1.36 bits per heavy atom. The molecule has 3 aromatic rings. The smallest absolute Gasteiger partial charge is 0.0122 e. The van der Waals surface area contributed by atoms with E-state index in [0.29, 0.717) is 0 Å². The van der Waals surface area contributed by atoms with E-state index in [1.54, 1.807) is 10.2 Å². The molecule has 3 rings (SSSR count). The maximum Gasteiger partial charge on any atom is 0.0122 e. The monoisotopic (exact) mass is 422 g/mol. The largest absolute Gasteiger partial charge is 0.0578 e. The molecule has 1 aromatic heterocycles. The Bertz CT molecular complexity index is 786. The predicted molar refractivity (Wildman–Crippen MR) is 111 cm³/mol. The molecule has 0 bridgehead atoms. The molecule has 0 N–H and O–H groups in total. The van der Waals surface area contributed by atoms with Crippen molar-refractivity contribution in [2.75, 3.05) is 0 Å². The molecule has 0 atom stereocenters. The van der Waals surface area contributed by atoms with E-state index in [0.717, 1.165) is 0 Å². The van der Waals surface area contributed by atoms with Crippen LogP contribution in [-0.2, 0) is 10.8 Å². The Labute approximate surface area is 147 Å². The minimum absolute atomic E-state index is 0.215. The summed E-state index contributed by atoms with van der Waals surface area (Å²) in [5.74, 6) is 0. The van der Waals surface area contributed by atoms with Crippen molar-refractivity contribution in [3.8, 4) is 0 Å². The van der Waals surface area contributed by atoms with Crippen LogP contribution in [0.5, 0.6) is 0 Å². The molecule has 0 aliphatic heterocycles. The molecule has 116 valence electrons. The molecule has 0 radical (unpaired) electrons. The lowest BCUT2D eigenvalue weighted by Gasteiger charge is -2.19. The summed E-state index contributed by atoms with van der Waals surface area (Å²) in [6.45, 7) is 13.8. The molecule has 0 unspecified atom stereocenters. The van der Waals surface area contributed by atoms with Gasteiger partial charge in [0.2, 0.25) is 0 Å². The summed E-state index contributed by atoms with van der Waals surface area (Å²) in [7, 11) is 0. The van der Waals surface area contributed by atoms with Crippen LogP contribution in [0, 0.1) is 0 Å². The first-order valence-corrected chi connectivity index (χ1v) is 12.0. The first-order chi connectivity index (χ1) is 10.1. The van der Waals surface area contributed by atoms with Gasteiger partial charge in [-0.25, -0.2) is 0 Å². The maximum absolute atomic E-state index is 2.67. The minimum atomic E-state index is -0.253. The van der Waals surface area contributed by atoms with Crippen molar-refractivity contribution in [3.05, 3.63) is 47.5 Å². The maximum atomic E-state index is 2.67. The van der Waals surface area contributed by atoms with Gasteiger partial charge in [-0.1, -0.05) is 65.8 Å². The van der Waals surface area contributed by atoms with Crippen LogP contribution in [0.4, 0.5) is 0 Å². The second-order valence-corrected chi connectivity index (χ2v) is 12.7. The molecular weight excluding hydrogens is 398 g/mol. The molecule has 0 aliphatic rings. The van der Waals surface area contributed by atoms with E-state index in [4.69, 9.17) is 0 Å². The van der Waals surface area contributed by atoms with Crippen molar-refractivity contribution in [1.29, 1.82) is 0 Å². The summed E-state index contributed by atoms with van der Waals surface area (Å²) in [6, 6.07) is 14.2. The molecule has 0 saturated carbocycles. The number of benzene rings is 2. The van der Waals surface area contributed by atoms with Gasteiger partial charge < -0.3 is 0 Å². The van der Waals surface area contributed by atoms with Gasteiger partial charge in [0.1, 0.15) is 0 Å². The van der Waals surface area contributed by atoms with Gasteiger partial charge in [0.15, 0.2) is 0 Å². The van der Waals surface area contributed by atoms with E-state index in [-0.39, 0.29) is 16.0 Å². The van der Waals surface area contributed by atoms with Gasteiger partial charge in [0.05, 0.1) is 0 Å². The lowest BCUT2D eigenvalue weighted by atomic mass is 9.86. The lowest BCUT2D eigenvalue weighted by molar-refractivity contribution is 0.591. The Morgan fingerprint density at radius 2 is 1.05 bits per heavy atom. The van der Waals surface area contributed by atoms with Crippen LogP contribution in [0.25, 0.3) is 21.0 Å². The number of hydrogen-bond donors (Lipinski definition) is 0. The zero-order valence-corrected chi connectivity index (χ0v) is 17.3. The second kappa shape index (κ2) is 5.24. The van der Waals surface area contributed by atoms with Crippen molar-refractivity contribution in [2.24, 2.45) is 0 Å². The lowest BCUT2D eigenvalue weighted by Crippen LogP contribution is -2.10. The standard InChI is InChI=1S/C20H24IP/c1-19(2,3)13-7-9-15-16-10-8-14(20(4,5)6)12-18(16)22(21)17(15)11-13/h7-12H,1-6H3. The first kappa shape index (κ1) is 16.3. The Morgan fingerprint density at radius 1 is 0.682 bits per heavy atom. The molecule has 2 heteroatoms. The third kappa shape index (κ3) is 2.71. The molecule has 0 aliphatic carbocycles. The zero-order valence-electron chi connectivity index (χ0n) is 14.3. The van der Waals surface area contributed by atoms with E-state index >= 15 is 0 Å². The number of hydrogen-bond acceptors (Lipinski definition) is 0. The second-order valence-electron chi connectivity index (χ2n) is 8.24. The first-order valence-electron chi connectivity index (χ1n) is 7.84. The summed E-state index contributed by atoms with van der Waals surface area (Å²) in [4.78, 5) is 0. The van der Waals surface area contributed by atoms with Crippen LogP contribution in [0.15, 0.2) is 36.4 Å². The normalized spacial score (nSPS) is 13.2. The van der Waals surface area contributed by atoms with Crippen molar-refractivity contribution in [2.45, 2.75) is 52.4 Å². The third-order valence-electron chi connectivity index (χ3n) is 4.44. The van der Waals surface area contributed by atoms with Gasteiger partial charge in [-0.2, -0.15) is 0 Å². The van der Waals surface area contributed by atoms with Crippen molar-refractivity contribution < 1.29 is 0 Å². The van der Waals surface area contributed by atoms with Gasteiger partial charge >= 0.3 is 0 Å². The van der Waals surface area contributed by atoms with Crippen LogP contribution >= 0.6 is 27.2 Å². The highest BCUT2D eigenvalue weighted by molar-refractivity contribution is 14.2. The van der Waals surface area contributed by atoms with Crippen LogP contribution in [-0.4, -0.2) is 0 Å². The zero-order chi connectivity index (χ0) is 16.3. The van der Waals surface area contributed by atoms with E-state index < -0.39 is 0 Å². The molecule has 0 saturated heterocycles.